The number of benzene rings is 3. The molecule has 0 saturated heterocycles. The van der Waals surface area contributed by atoms with E-state index in [9.17, 15) is 9.59 Å². The first-order chi connectivity index (χ1) is 21.3. The highest BCUT2D eigenvalue weighted by atomic mass is 35.5. The van der Waals surface area contributed by atoms with Crippen LogP contribution in [-0.2, 0) is 11.3 Å². The fourth-order valence-corrected chi connectivity index (χ4v) is 6.09. The van der Waals surface area contributed by atoms with Gasteiger partial charge in [0.15, 0.2) is 11.5 Å². The van der Waals surface area contributed by atoms with Crippen LogP contribution in [0.15, 0.2) is 48.5 Å². The molecule has 1 aliphatic heterocycles. The summed E-state index contributed by atoms with van der Waals surface area (Å²) in [5.74, 6) is 1.13. The number of aryl methyl sites for hydroxylation is 1. The Morgan fingerprint density at radius 2 is 1.61 bits per heavy atom. The predicted molar refractivity (Wildman–Crippen MR) is 168 cm³/mol. The maximum absolute atomic E-state index is 14.2. The van der Waals surface area contributed by atoms with E-state index in [2.05, 4.69) is 9.97 Å². The number of anilines is 1. The molecule has 3 aromatic carbocycles. The molecule has 10 nitrogen and oxygen atoms in total. The summed E-state index contributed by atoms with van der Waals surface area (Å²) in [6.07, 6.45) is 0. The molecule has 0 radical (unpaired) electrons. The van der Waals surface area contributed by atoms with Crippen molar-refractivity contribution in [3.05, 3.63) is 76.6 Å². The van der Waals surface area contributed by atoms with Crippen molar-refractivity contribution in [3.63, 3.8) is 0 Å². The minimum absolute atomic E-state index is 0.190. The van der Waals surface area contributed by atoms with Crippen LogP contribution in [0.25, 0.3) is 21.8 Å². The first-order valence-corrected chi connectivity index (χ1v) is 14.5. The number of aromatic nitrogens is 2. The summed E-state index contributed by atoms with van der Waals surface area (Å²) in [7, 11) is 5.93. The first-order valence-electron chi connectivity index (χ1n) is 14.0. The van der Waals surface area contributed by atoms with Crippen LogP contribution in [-0.4, -0.2) is 62.7 Å². The lowest BCUT2D eigenvalue weighted by molar-refractivity contribution is 0.0595. The van der Waals surface area contributed by atoms with E-state index in [-0.39, 0.29) is 23.4 Å². The summed E-state index contributed by atoms with van der Waals surface area (Å²) in [5, 5.41) is 1.47. The average molecular weight is 618 g/mol. The molecule has 1 aliphatic rings. The summed E-state index contributed by atoms with van der Waals surface area (Å²) in [6.45, 7) is 2.65. The van der Waals surface area contributed by atoms with Gasteiger partial charge in [-0.15, -0.1) is 11.6 Å². The molecule has 2 N–H and O–H groups in total. The molecule has 0 fully saturated rings. The van der Waals surface area contributed by atoms with Gasteiger partial charge in [0.25, 0.3) is 5.91 Å². The molecule has 5 aromatic rings. The smallest absolute Gasteiger partial charge is 0.354 e. The van der Waals surface area contributed by atoms with Crippen LogP contribution in [0.5, 0.6) is 23.0 Å². The maximum Gasteiger partial charge on any atom is 0.354 e. The van der Waals surface area contributed by atoms with Gasteiger partial charge >= 0.3 is 5.97 Å². The summed E-state index contributed by atoms with van der Waals surface area (Å²) in [4.78, 5) is 34.8. The largest absolute Gasteiger partial charge is 0.493 e. The molecule has 3 heterocycles. The van der Waals surface area contributed by atoms with E-state index in [1.807, 2.05) is 37.3 Å². The van der Waals surface area contributed by atoms with Gasteiger partial charge < -0.3 is 38.6 Å². The Bertz CT molecular complexity index is 1890. The number of aromatic amines is 2. The number of H-pyrrole nitrogens is 2. The van der Waals surface area contributed by atoms with Gasteiger partial charge in [-0.3, -0.25) is 4.79 Å². The lowest BCUT2D eigenvalue weighted by Crippen LogP contribution is -2.30. The number of alkyl halides is 1. The maximum atomic E-state index is 14.2. The fourth-order valence-electron chi connectivity index (χ4n) is 5.84. The summed E-state index contributed by atoms with van der Waals surface area (Å²) in [5.41, 5.74) is 5.50. The Morgan fingerprint density at radius 3 is 2.27 bits per heavy atom. The highest BCUT2D eigenvalue weighted by Crippen LogP contribution is 2.47. The number of nitrogens with one attached hydrogen (secondary N) is 2. The van der Waals surface area contributed by atoms with E-state index in [0.29, 0.717) is 58.6 Å². The zero-order valence-corrected chi connectivity index (χ0v) is 25.8. The highest BCUT2D eigenvalue weighted by molar-refractivity contribution is 6.19. The van der Waals surface area contributed by atoms with E-state index in [1.165, 1.54) is 21.3 Å². The lowest BCUT2D eigenvalue weighted by atomic mass is 9.98. The zero-order chi connectivity index (χ0) is 31.1. The molecular weight excluding hydrogens is 586 g/mol. The lowest BCUT2D eigenvalue weighted by Gasteiger charge is -2.18. The van der Waals surface area contributed by atoms with Crippen LogP contribution in [0.1, 0.15) is 43.6 Å². The van der Waals surface area contributed by atoms with Gasteiger partial charge in [0.1, 0.15) is 23.7 Å². The number of methoxy groups -OCH3 is 4. The van der Waals surface area contributed by atoms with E-state index < -0.39 is 5.97 Å². The van der Waals surface area contributed by atoms with Gasteiger partial charge in [0.05, 0.1) is 45.2 Å². The second kappa shape index (κ2) is 11.7. The molecule has 0 spiro atoms. The van der Waals surface area contributed by atoms with Crippen LogP contribution < -0.4 is 23.8 Å². The van der Waals surface area contributed by atoms with Gasteiger partial charge in [-0.25, -0.2) is 4.79 Å². The molecule has 1 atom stereocenters. The number of carbonyl (C=O) groups is 2. The Labute approximate surface area is 258 Å². The van der Waals surface area contributed by atoms with Crippen molar-refractivity contribution in [2.75, 3.05) is 45.8 Å². The molecule has 228 valence electrons. The van der Waals surface area contributed by atoms with Gasteiger partial charge in [0, 0.05) is 35.2 Å². The number of rotatable bonds is 9. The van der Waals surface area contributed by atoms with E-state index in [0.717, 1.165) is 27.5 Å². The second-order valence-electron chi connectivity index (χ2n) is 10.6. The number of carbonyl (C=O) groups excluding carboxylic acids is 2. The molecule has 11 heteroatoms. The van der Waals surface area contributed by atoms with E-state index in [4.69, 9.17) is 35.3 Å². The quantitative estimate of drug-likeness (QED) is 0.147. The van der Waals surface area contributed by atoms with Crippen LogP contribution in [0.2, 0.25) is 0 Å². The number of hydrogen-bond donors (Lipinski definition) is 2. The Balaban J connectivity index is 1.46. The number of nitrogens with zero attached hydrogens (tertiary/aromatic N) is 1. The monoisotopic (exact) mass is 617 g/mol. The van der Waals surface area contributed by atoms with Crippen molar-refractivity contribution in [1.82, 2.24) is 9.97 Å². The molecule has 0 bridgehead atoms. The van der Waals surface area contributed by atoms with E-state index in [1.54, 1.807) is 30.2 Å². The third kappa shape index (κ3) is 4.85. The Hall–Kier alpha value is -4.83. The molecule has 44 heavy (non-hydrogen) atoms. The van der Waals surface area contributed by atoms with Gasteiger partial charge in [-0.05, 0) is 36.2 Å². The van der Waals surface area contributed by atoms with Crippen molar-refractivity contribution < 1.29 is 33.3 Å². The average Bonchev–Trinajstić information content (AvgIpc) is 3.77. The van der Waals surface area contributed by atoms with Crippen molar-refractivity contribution in [3.8, 4) is 23.0 Å². The first kappa shape index (κ1) is 29.3. The number of esters is 1. The molecular formula is C33H32ClN3O7. The summed E-state index contributed by atoms with van der Waals surface area (Å²) in [6, 6.07) is 15.2. The van der Waals surface area contributed by atoms with Crippen molar-refractivity contribution >= 4 is 51.0 Å². The zero-order valence-electron chi connectivity index (χ0n) is 25.0. The van der Waals surface area contributed by atoms with E-state index >= 15 is 0 Å². The highest BCUT2D eigenvalue weighted by Gasteiger charge is 2.37. The van der Waals surface area contributed by atoms with Crippen molar-refractivity contribution in [1.29, 1.82) is 0 Å². The summed E-state index contributed by atoms with van der Waals surface area (Å²) >= 11 is 6.49. The van der Waals surface area contributed by atoms with Crippen LogP contribution in [0.3, 0.4) is 0 Å². The number of amides is 1. The van der Waals surface area contributed by atoms with Gasteiger partial charge in [-0.1, -0.05) is 29.8 Å². The molecule has 1 unspecified atom stereocenters. The van der Waals surface area contributed by atoms with Crippen molar-refractivity contribution in [2.24, 2.45) is 0 Å². The molecule has 1 amide bonds. The van der Waals surface area contributed by atoms with Crippen molar-refractivity contribution in [2.45, 2.75) is 19.4 Å². The van der Waals surface area contributed by atoms with Gasteiger partial charge in [-0.2, -0.15) is 0 Å². The van der Waals surface area contributed by atoms with Crippen LogP contribution in [0, 0.1) is 6.92 Å². The molecule has 0 saturated carbocycles. The minimum atomic E-state index is -0.509. The topological polar surface area (TPSA) is 115 Å². The molecule has 6 rings (SSSR count). The number of halogens is 1. The Kier molecular flexibility index (Phi) is 7.77. The number of ether oxygens (including phenoxy) is 5. The minimum Gasteiger partial charge on any atom is -0.493 e. The predicted octanol–water partition coefficient (Wildman–Crippen LogP) is 6.33. The number of hydrogen-bond acceptors (Lipinski definition) is 7. The van der Waals surface area contributed by atoms with Crippen LogP contribution in [0.4, 0.5) is 5.69 Å². The Morgan fingerprint density at radius 1 is 0.886 bits per heavy atom. The molecule has 0 aliphatic carbocycles. The van der Waals surface area contributed by atoms with Crippen LogP contribution >= 0.6 is 11.6 Å². The SMILES string of the molecule is COC(=O)c1cc2c3c(cc(OCc4ccc(C)cc4)c2[nH]1)N(C(=O)c1cc2cc(OC)c(OC)c(OC)c2[nH]1)CC3CCl. The second-order valence-corrected chi connectivity index (χ2v) is 10.9. The molecule has 2 aromatic heterocycles. The summed E-state index contributed by atoms with van der Waals surface area (Å²) < 4.78 is 28.0. The number of fused-ring (bicyclic) bond motifs is 4. The van der Waals surface area contributed by atoms with Gasteiger partial charge in [0.2, 0.25) is 5.75 Å². The third-order valence-corrected chi connectivity index (χ3v) is 8.37. The fraction of sp³-hybridized carbons (Fsp3) is 0.273. The third-order valence-electron chi connectivity index (χ3n) is 8.00. The normalized spacial score (nSPS) is 14.1. The standard InChI is InChI=1S/C33H32ClN3O7/c1-17-6-8-18(9-7-17)16-44-25-13-24-27(21-12-23(33(39)43-5)36-29(21)25)20(14-34)15-37(24)32(38)22-10-19-11-26(40-2)30(41-3)31(42-4)28(19)35-22/h6-13,20,35-36H,14-16H2,1-5H3.